The smallest absolute Gasteiger partial charge is 0.253 e. The van der Waals surface area contributed by atoms with Crippen LogP contribution in [-0.2, 0) is 19.2 Å². The van der Waals surface area contributed by atoms with Crippen LogP contribution < -0.4 is 4.90 Å². The third kappa shape index (κ3) is 3.73. The van der Waals surface area contributed by atoms with Crippen LogP contribution in [0.15, 0.2) is 82.8 Å². The van der Waals surface area contributed by atoms with E-state index in [0.717, 1.165) is 4.90 Å². The summed E-state index contributed by atoms with van der Waals surface area (Å²) in [5.41, 5.74) is 3.42. The minimum Gasteiger partial charge on any atom is -0.508 e. The van der Waals surface area contributed by atoms with E-state index in [9.17, 15) is 24.3 Å². The number of alkyl halides is 2. The number of fused-ring (bicyclic) bond motifs is 5. The summed E-state index contributed by atoms with van der Waals surface area (Å²) in [5.74, 6) is -5.10. The molecule has 8 rings (SSSR count). The van der Waals surface area contributed by atoms with Crippen LogP contribution in [0.4, 0.5) is 5.69 Å². The first-order chi connectivity index (χ1) is 22.0. The average molecular weight is 677 g/mol. The first kappa shape index (κ1) is 29.2. The Balaban J connectivity index is 1.19. The molecule has 0 radical (unpaired) electrons. The van der Waals surface area contributed by atoms with E-state index in [1.54, 1.807) is 30.3 Å². The number of amides is 4. The van der Waals surface area contributed by atoms with Gasteiger partial charge in [-0.15, -0.1) is 23.2 Å². The topological polar surface area (TPSA) is 121 Å². The van der Waals surface area contributed by atoms with E-state index < -0.39 is 51.1 Å². The van der Waals surface area contributed by atoms with Crippen molar-refractivity contribution in [2.24, 2.45) is 17.8 Å². The number of rotatable bonds is 3. The number of oxazole rings is 1. The van der Waals surface area contributed by atoms with Crippen LogP contribution in [0.2, 0.25) is 5.02 Å². The van der Waals surface area contributed by atoms with E-state index >= 15 is 0 Å². The zero-order chi connectivity index (χ0) is 32.3. The van der Waals surface area contributed by atoms with Crippen molar-refractivity contribution < 1.29 is 28.7 Å². The van der Waals surface area contributed by atoms with Crippen molar-refractivity contribution in [3.63, 3.8) is 0 Å². The van der Waals surface area contributed by atoms with Gasteiger partial charge in [-0.05, 0) is 72.9 Å². The number of halogens is 3. The third-order valence-electron chi connectivity index (χ3n) is 9.98. The highest BCUT2D eigenvalue weighted by Crippen LogP contribution is 2.66. The molecule has 1 N–H and O–H groups in total. The van der Waals surface area contributed by atoms with Crippen molar-refractivity contribution in [3.05, 3.63) is 89.0 Å². The van der Waals surface area contributed by atoms with Crippen LogP contribution in [0.1, 0.15) is 24.3 Å². The summed E-state index contributed by atoms with van der Waals surface area (Å²) in [6, 6.07) is 18.5. The van der Waals surface area contributed by atoms with Gasteiger partial charge < -0.3 is 9.52 Å². The number of aromatic nitrogens is 1. The fourth-order valence-corrected chi connectivity index (χ4v) is 9.14. The molecule has 3 fully saturated rings. The predicted octanol–water partition coefficient (Wildman–Crippen LogP) is 6.05. The van der Waals surface area contributed by atoms with Crippen molar-refractivity contribution >= 4 is 75.2 Å². The van der Waals surface area contributed by atoms with Gasteiger partial charge >= 0.3 is 0 Å². The second-order valence-electron chi connectivity index (χ2n) is 12.2. The Morgan fingerprint density at radius 1 is 0.935 bits per heavy atom. The first-order valence-electron chi connectivity index (χ1n) is 14.7. The molecule has 232 valence electrons. The van der Waals surface area contributed by atoms with Crippen LogP contribution in [-0.4, -0.2) is 55.4 Å². The van der Waals surface area contributed by atoms with E-state index in [0.29, 0.717) is 39.4 Å². The highest BCUT2D eigenvalue weighted by Gasteiger charge is 2.76. The Labute approximate surface area is 277 Å². The molecule has 2 aliphatic carbocycles. The van der Waals surface area contributed by atoms with Crippen molar-refractivity contribution in [2.75, 3.05) is 11.9 Å². The molecule has 2 aliphatic heterocycles. The quantitative estimate of drug-likeness (QED) is 0.159. The average Bonchev–Trinajstić information content (AvgIpc) is 3.63. The summed E-state index contributed by atoms with van der Waals surface area (Å²) in [5, 5.41) is 10.2. The van der Waals surface area contributed by atoms with Crippen LogP contribution in [0.3, 0.4) is 0 Å². The van der Waals surface area contributed by atoms with E-state index in [4.69, 9.17) is 39.2 Å². The maximum Gasteiger partial charge on any atom is 0.253 e. The summed E-state index contributed by atoms with van der Waals surface area (Å²) in [4.78, 5) is 58.2. The summed E-state index contributed by atoms with van der Waals surface area (Å²) in [7, 11) is 1.32. The Bertz CT molecular complexity index is 2030. The molecular formula is C34H24Cl3N3O6. The Morgan fingerprint density at radius 2 is 1.67 bits per heavy atom. The summed E-state index contributed by atoms with van der Waals surface area (Å²) in [6.07, 6.45) is 1.92. The third-order valence-corrected chi connectivity index (χ3v) is 11.7. The minimum absolute atomic E-state index is 0.0974. The molecule has 9 nitrogen and oxygen atoms in total. The van der Waals surface area contributed by atoms with E-state index in [1.165, 1.54) is 24.1 Å². The van der Waals surface area contributed by atoms with Gasteiger partial charge in [0.25, 0.3) is 11.8 Å². The van der Waals surface area contributed by atoms with Crippen molar-refractivity contribution in [1.29, 1.82) is 0 Å². The lowest BCUT2D eigenvalue weighted by atomic mass is 9.56. The van der Waals surface area contributed by atoms with Crippen LogP contribution in [0.25, 0.3) is 22.6 Å². The number of nitrogens with zero attached hydrogens (tertiary/aromatic N) is 3. The molecule has 46 heavy (non-hydrogen) atoms. The number of imide groups is 2. The number of carbonyl (C=O) groups is 4. The van der Waals surface area contributed by atoms with Gasteiger partial charge in [0.05, 0.1) is 17.5 Å². The van der Waals surface area contributed by atoms with Crippen molar-refractivity contribution in [2.45, 2.75) is 28.5 Å². The van der Waals surface area contributed by atoms with Gasteiger partial charge in [-0.25, -0.2) is 4.98 Å². The molecule has 6 atom stereocenters. The minimum atomic E-state index is -1.96. The predicted molar refractivity (Wildman–Crippen MR) is 171 cm³/mol. The number of hydrogen-bond donors (Lipinski definition) is 1. The standard InChI is InChI=1S/C34H24Cl3N3O6/c1-39-31(44)33(36)15-22-19(27(34(33,37)32(39)45)20-11-10-18(41)14-23(20)35)12-13-21-26(22)30(43)40(29(21)42)17-8-6-16(7-9-17)28-38-24-4-2-3-5-25(24)46-28/h2-12,14,21-22,26-27,41H,13,15H2,1H3/t21-,22+,26-,27+,33+,34-/m0/s1. The monoisotopic (exact) mass is 675 g/mol. The number of para-hydroxylation sites is 2. The fraction of sp³-hybridized carbons (Fsp3) is 0.265. The number of aromatic hydroxyl groups is 1. The Hall–Kier alpha value is -4.18. The number of benzene rings is 3. The molecule has 3 aromatic carbocycles. The van der Waals surface area contributed by atoms with Gasteiger partial charge in [0.1, 0.15) is 11.3 Å². The number of phenolic OH excluding ortho intramolecular Hbond substituents is 1. The SMILES string of the molecule is CN1C(=O)[C@]2(Cl)C[C@@H]3C(=CC[C@@H]4C(=O)N(c5ccc(-c6nc7ccccc7o6)cc5)C(=O)[C@@H]43)[C@H](c3ccc(O)cc3Cl)[C@]2(Cl)C1=O. The number of anilines is 1. The number of phenols is 1. The molecule has 4 aromatic rings. The normalized spacial score (nSPS) is 30.5. The van der Waals surface area contributed by atoms with Gasteiger partial charge in [0.2, 0.25) is 17.7 Å². The first-order valence-corrected chi connectivity index (χ1v) is 15.8. The molecule has 4 amide bonds. The number of carbonyl (C=O) groups excluding carboxylic acids is 4. The summed E-state index contributed by atoms with van der Waals surface area (Å²) in [6.45, 7) is 0. The maximum atomic E-state index is 14.3. The Kier molecular flexibility index (Phi) is 6.30. The largest absolute Gasteiger partial charge is 0.508 e. The molecule has 1 saturated carbocycles. The van der Waals surface area contributed by atoms with Gasteiger partial charge in [0, 0.05) is 23.6 Å². The molecule has 0 spiro atoms. The van der Waals surface area contributed by atoms with Crippen molar-refractivity contribution in [1.82, 2.24) is 9.88 Å². The lowest BCUT2D eigenvalue weighted by Gasteiger charge is -2.51. The van der Waals surface area contributed by atoms with Gasteiger partial charge in [-0.1, -0.05) is 41.4 Å². The van der Waals surface area contributed by atoms with Crippen molar-refractivity contribution in [3.8, 4) is 17.2 Å². The van der Waals surface area contributed by atoms with Crippen LogP contribution in [0, 0.1) is 17.8 Å². The number of hydrogen-bond acceptors (Lipinski definition) is 7. The zero-order valence-electron chi connectivity index (χ0n) is 24.1. The van der Waals surface area contributed by atoms with E-state index in [-0.39, 0.29) is 29.5 Å². The fourth-order valence-electron chi connectivity index (χ4n) is 7.84. The molecule has 3 heterocycles. The van der Waals surface area contributed by atoms with E-state index in [2.05, 4.69) is 4.98 Å². The highest BCUT2D eigenvalue weighted by atomic mass is 35.5. The van der Waals surface area contributed by atoms with Crippen LogP contribution >= 0.6 is 34.8 Å². The summed E-state index contributed by atoms with van der Waals surface area (Å²) >= 11 is 21.0. The van der Waals surface area contributed by atoms with E-state index in [1.807, 2.05) is 30.3 Å². The van der Waals surface area contributed by atoms with Crippen LogP contribution in [0.5, 0.6) is 5.75 Å². The molecule has 2 saturated heterocycles. The molecule has 0 bridgehead atoms. The lowest BCUT2D eigenvalue weighted by molar-refractivity contribution is -0.138. The number of allylic oxidation sites excluding steroid dienone is 2. The highest BCUT2D eigenvalue weighted by molar-refractivity contribution is 6.54. The summed E-state index contributed by atoms with van der Waals surface area (Å²) < 4.78 is 5.87. The molecule has 4 aliphatic rings. The Morgan fingerprint density at radius 3 is 2.39 bits per heavy atom. The lowest BCUT2D eigenvalue weighted by Crippen LogP contribution is -2.60. The maximum absolute atomic E-state index is 14.3. The molecule has 1 aromatic heterocycles. The van der Waals surface area contributed by atoms with Gasteiger partial charge in [0.15, 0.2) is 15.3 Å². The molecular weight excluding hydrogens is 653 g/mol. The molecule has 12 heteroatoms. The second-order valence-corrected chi connectivity index (χ2v) is 13.9. The molecule has 0 unspecified atom stereocenters. The van der Waals surface area contributed by atoms with Gasteiger partial charge in [-0.3, -0.25) is 29.0 Å². The zero-order valence-corrected chi connectivity index (χ0v) is 26.4. The number of likely N-dealkylation sites (tertiary alicyclic amines) is 1. The van der Waals surface area contributed by atoms with Gasteiger partial charge in [-0.2, -0.15) is 0 Å². The second kappa shape index (κ2) is 9.91.